The zero-order valence-electron chi connectivity index (χ0n) is 14.7. The molecule has 2 heterocycles. The van der Waals surface area contributed by atoms with Gasteiger partial charge in [0.25, 0.3) is 0 Å². The molecule has 1 aliphatic heterocycles. The van der Waals surface area contributed by atoms with E-state index in [0.29, 0.717) is 22.5 Å². The van der Waals surface area contributed by atoms with Crippen molar-refractivity contribution < 1.29 is 4.79 Å². The Labute approximate surface area is 162 Å². The number of aryl methyl sites for hydroxylation is 1. The highest BCUT2D eigenvalue weighted by molar-refractivity contribution is 7.99. The van der Waals surface area contributed by atoms with Gasteiger partial charge in [-0.3, -0.25) is 9.36 Å². The van der Waals surface area contributed by atoms with Crippen molar-refractivity contribution in [3.63, 3.8) is 0 Å². The Morgan fingerprint density at radius 1 is 1.31 bits per heavy atom. The highest BCUT2D eigenvalue weighted by Gasteiger charge is 2.32. The standard InChI is InChI=1S/C18H22ClN5OS/c1-12-4-5-13(10-15(12)19)20-16(25)11-26-18-22-21-17(23-8-2-3-9-23)24(18)14-6-7-14/h4-5,10,14H,2-3,6-9,11H2,1H3,(H,20,25). The summed E-state index contributed by atoms with van der Waals surface area (Å²) >= 11 is 7.56. The van der Waals surface area contributed by atoms with Gasteiger partial charge in [0.05, 0.1) is 5.75 Å². The van der Waals surface area contributed by atoms with Gasteiger partial charge in [-0.05, 0) is 50.3 Å². The minimum absolute atomic E-state index is 0.0667. The van der Waals surface area contributed by atoms with Crippen LogP contribution in [-0.2, 0) is 4.79 Å². The third-order valence-corrected chi connectivity index (χ3v) is 6.09. The number of carbonyl (C=O) groups is 1. The van der Waals surface area contributed by atoms with Crippen LogP contribution in [0.15, 0.2) is 23.4 Å². The van der Waals surface area contributed by atoms with Gasteiger partial charge in [-0.2, -0.15) is 0 Å². The molecule has 1 aromatic carbocycles. The number of aromatic nitrogens is 3. The van der Waals surface area contributed by atoms with Gasteiger partial charge in [0.2, 0.25) is 11.9 Å². The predicted molar refractivity (Wildman–Crippen MR) is 105 cm³/mol. The first-order chi connectivity index (χ1) is 12.6. The molecule has 0 atom stereocenters. The Morgan fingerprint density at radius 2 is 2.08 bits per heavy atom. The van der Waals surface area contributed by atoms with Crippen LogP contribution in [0.5, 0.6) is 0 Å². The fourth-order valence-electron chi connectivity index (χ4n) is 3.15. The Kier molecular flexibility index (Phi) is 5.09. The van der Waals surface area contributed by atoms with Gasteiger partial charge in [-0.15, -0.1) is 10.2 Å². The summed E-state index contributed by atoms with van der Waals surface area (Å²) in [4.78, 5) is 14.6. The molecule has 6 nitrogen and oxygen atoms in total. The number of halogens is 1. The van der Waals surface area contributed by atoms with Crippen LogP contribution in [0, 0.1) is 6.92 Å². The number of thioether (sulfide) groups is 1. The Balaban J connectivity index is 1.41. The van der Waals surface area contributed by atoms with Gasteiger partial charge < -0.3 is 10.2 Å². The van der Waals surface area contributed by atoms with Crippen molar-refractivity contribution in [1.29, 1.82) is 0 Å². The average Bonchev–Trinajstić information content (AvgIpc) is 3.15. The van der Waals surface area contributed by atoms with Gasteiger partial charge in [0.1, 0.15) is 0 Å². The molecule has 1 saturated carbocycles. The third kappa shape index (κ3) is 3.83. The lowest BCUT2D eigenvalue weighted by Crippen LogP contribution is -2.22. The molecule has 2 aliphatic rings. The smallest absolute Gasteiger partial charge is 0.234 e. The number of hydrogen-bond acceptors (Lipinski definition) is 5. The van der Waals surface area contributed by atoms with Crippen LogP contribution in [-0.4, -0.2) is 39.5 Å². The largest absolute Gasteiger partial charge is 0.341 e. The van der Waals surface area contributed by atoms with E-state index in [9.17, 15) is 4.79 Å². The summed E-state index contributed by atoms with van der Waals surface area (Å²) < 4.78 is 2.23. The first-order valence-electron chi connectivity index (χ1n) is 9.00. The van der Waals surface area contributed by atoms with E-state index in [4.69, 9.17) is 11.6 Å². The second-order valence-corrected chi connectivity index (χ2v) is 8.23. The molecule has 2 aromatic rings. The maximum atomic E-state index is 12.3. The van der Waals surface area contributed by atoms with E-state index in [-0.39, 0.29) is 5.91 Å². The van der Waals surface area contributed by atoms with Gasteiger partial charge in [0, 0.05) is 29.8 Å². The summed E-state index contributed by atoms with van der Waals surface area (Å²) in [6.45, 7) is 4.03. The van der Waals surface area contributed by atoms with E-state index < -0.39 is 0 Å². The molecule has 138 valence electrons. The molecule has 26 heavy (non-hydrogen) atoms. The quantitative estimate of drug-likeness (QED) is 0.756. The molecular formula is C18H22ClN5OS. The van der Waals surface area contributed by atoms with Gasteiger partial charge in [-0.25, -0.2) is 0 Å². The van der Waals surface area contributed by atoms with Crippen molar-refractivity contribution in [3.05, 3.63) is 28.8 Å². The van der Waals surface area contributed by atoms with E-state index in [1.807, 2.05) is 19.1 Å². The second kappa shape index (κ2) is 7.48. The van der Waals surface area contributed by atoms with Crippen molar-refractivity contribution in [3.8, 4) is 0 Å². The summed E-state index contributed by atoms with van der Waals surface area (Å²) in [6, 6.07) is 6.03. The molecule has 0 unspecified atom stereocenters. The van der Waals surface area contributed by atoms with E-state index in [1.165, 1.54) is 37.4 Å². The second-order valence-electron chi connectivity index (χ2n) is 6.88. The van der Waals surface area contributed by atoms with Crippen LogP contribution in [0.1, 0.15) is 37.3 Å². The molecule has 0 radical (unpaired) electrons. The number of carbonyl (C=O) groups excluding carboxylic acids is 1. The van der Waals surface area contributed by atoms with E-state index in [0.717, 1.165) is 29.8 Å². The number of amides is 1. The number of benzene rings is 1. The fraction of sp³-hybridized carbons (Fsp3) is 0.500. The summed E-state index contributed by atoms with van der Waals surface area (Å²) in [5.41, 5.74) is 1.71. The van der Waals surface area contributed by atoms with E-state index in [1.54, 1.807) is 6.07 Å². The van der Waals surface area contributed by atoms with Crippen LogP contribution >= 0.6 is 23.4 Å². The topological polar surface area (TPSA) is 63.1 Å². The number of anilines is 2. The molecule has 2 fully saturated rings. The summed E-state index contributed by atoms with van der Waals surface area (Å²) in [7, 11) is 0. The van der Waals surface area contributed by atoms with Gasteiger partial charge in [-0.1, -0.05) is 29.4 Å². The average molecular weight is 392 g/mol. The van der Waals surface area contributed by atoms with Crippen molar-refractivity contribution in [2.24, 2.45) is 0 Å². The maximum absolute atomic E-state index is 12.3. The SMILES string of the molecule is Cc1ccc(NC(=O)CSc2nnc(N3CCCC3)n2C2CC2)cc1Cl. The molecule has 1 saturated heterocycles. The van der Waals surface area contributed by atoms with Crippen LogP contribution in [0.2, 0.25) is 5.02 Å². The maximum Gasteiger partial charge on any atom is 0.234 e. The third-order valence-electron chi connectivity index (χ3n) is 4.74. The van der Waals surface area contributed by atoms with Crippen LogP contribution in [0.3, 0.4) is 0 Å². The summed E-state index contributed by atoms with van der Waals surface area (Å²) in [6.07, 6.45) is 4.75. The van der Waals surface area contributed by atoms with Gasteiger partial charge >= 0.3 is 0 Å². The highest BCUT2D eigenvalue weighted by Crippen LogP contribution is 2.41. The molecule has 0 spiro atoms. The first kappa shape index (κ1) is 17.7. The molecule has 0 bridgehead atoms. The molecule has 8 heteroatoms. The zero-order chi connectivity index (χ0) is 18.1. The molecule has 1 amide bonds. The lowest BCUT2D eigenvalue weighted by molar-refractivity contribution is -0.113. The van der Waals surface area contributed by atoms with E-state index >= 15 is 0 Å². The summed E-state index contributed by atoms with van der Waals surface area (Å²) in [5.74, 6) is 1.21. The molecule has 1 aliphatic carbocycles. The molecule has 1 aromatic heterocycles. The monoisotopic (exact) mass is 391 g/mol. The van der Waals surface area contributed by atoms with Crippen molar-refractivity contribution in [2.45, 2.75) is 43.8 Å². The van der Waals surface area contributed by atoms with Gasteiger partial charge in [0.15, 0.2) is 5.16 Å². The van der Waals surface area contributed by atoms with Crippen LogP contribution in [0.4, 0.5) is 11.6 Å². The lowest BCUT2D eigenvalue weighted by Gasteiger charge is -2.17. The number of nitrogens with one attached hydrogen (secondary N) is 1. The van der Waals surface area contributed by atoms with Crippen LogP contribution < -0.4 is 10.2 Å². The number of hydrogen-bond donors (Lipinski definition) is 1. The Hall–Kier alpha value is -1.73. The number of rotatable bonds is 6. The molecular weight excluding hydrogens is 370 g/mol. The molecule has 4 rings (SSSR count). The molecule has 1 N–H and O–H groups in total. The lowest BCUT2D eigenvalue weighted by atomic mass is 10.2. The minimum atomic E-state index is -0.0667. The van der Waals surface area contributed by atoms with Crippen molar-refractivity contribution in [1.82, 2.24) is 14.8 Å². The summed E-state index contributed by atoms with van der Waals surface area (Å²) in [5, 5.41) is 13.2. The van der Waals surface area contributed by atoms with Crippen molar-refractivity contribution in [2.75, 3.05) is 29.1 Å². The normalized spacial score (nSPS) is 16.9. The minimum Gasteiger partial charge on any atom is -0.341 e. The highest BCUT2D eigenvalue weighted by atomic mass is 35.5. The first-order valence-corrected chi connectivity index (χ1v) is 10.4. The Morgan fingerprint density at radius 3 is 2.77 bits per heavy atom. The van der Waals surface area contributed by atoms with Crippen molar-refractivity contribution >= 4 is 40.9 Å². The van der Waals surface area contributed by atoms with Crippen LogP contribution in [0.25, 0.3) is 0 Å². The number of nitrogens with zero attached hydrogens (tertiary/aromatic N) is 4. The van der Waals surface area contributed by atoms with E-state index in [2.05, 4.69) is 25.0 Å². The zero-order valence-corrected chi connectivity index (χ0v) is 16.3. The Bertz CT molecular complexity index is 814. The fourth-order valence-corrected chi connectivity index (χ4v) is 4.13. The predicted octanol–water partition coefficient (Wildman–Crippen LogP) is 3.91.